The van der Waals surface area contributed by atoms with E-state index in [1.54, 1.807) is 16.0 Å². The van der Waals surface area contributed by atoms with Crippen molar-refractivity contribution in [3.05, 3.63) is 65.0 Å². The van der Waals surface area contributed by atoms with Crippen molar-refractivity contribution in [2.75, 3.05) is 11.1 Å². The van der Waals surface area contributed by atoms with Gasteiger partial charge in [0.2, 0.25) is 11.1 Å². The van der Waals surface area contributed by atoms with Crippen molar-refractivity contribution >= 4 is 34.7 Å². The lowest BCUT2D eigenvalue weighted by molar-refractivity contribution is -0.113. The molecule has 4 aromatic rings. The van der Waals surface area contributed by atoms with Crippen molar-refractivity contribution in [1.29, 1.82) is 0 Å². The number of tetrazole rings is 1. The summed E-state index contributed by atoms with van der Waals surface area (Å²) in [4.78, 5) is 16.9. The van der Waals surface area contributed by atoms with Gasteiger partial charge in [0, 0.05) is 16.6 Å². The highest BCUT2D eigenvalue weighted by Crippen LogP contribution is 2.24. The van der Waals surface area contributed by atoms with Gasteiger partial charge < -0.3 is 5.32 Å². The van der Waals surface area contributed by atoms with Crippen LogP contribution in [0.25, 0.3) is 16.9 Å². The van der Waals surface area contributed by atoms with Crippen LogP contribution in [0, 0.1) is 6.92 Å². The van der Waals surface area contributed by atoms with E-state index in [-0.39, 0.29) is 11.7 Å². The van der Waals surface area contributed by atoms with Crippen molar-refractivity contribution in [3.63, 3.8) is 0 Å². The normalized spacial score (nSPS) is 10.8. The van der Waals surface area contributed by atoms with Crippen molar-refractivity contribution in [3.8, 4) is 16.9 Å². The number of thioether (sulfide) groups is 1. The number of thiazole rings is 1. The van der Waals surface area contributed by atoms with E-state index in [1.165, 1.54) is 11.8 Å². The minimum Gasteiger partial charge on any atom is -0.325 e. The average molecular weight is 409 g/mol. The number of nitrogens with one attached hydrogen (secondary N) is 1. The number of para-hydroxylation sites is 1. The molecule has 2 aromatic carbocycles. The van der Waals surface area contributed by atoms with E-state index >= 15 is 0 Å². The molecule has 0 fully saturated rings. The topological polar surface area (TPSA) is 85.6 Å². The number of hydrogen-bond acceptors (Lipinski definition) is 7. The van der Waals surface area contributed by atoms with E-state index in [1.807, 2.05) is 66.9 Å². The van der Waals surface area contributed by atoms with Gasteiger partial charge in [0.05, 0.1) is 22.1 Å². The summed E-state index contributed by atoms with van der Waals surface area (Å²) in [7, 11) is 0. The molecule has 0 aliphatic heterocycles. The number of nitrogens with zero attached hydrogens (tertiary/aromatic N) is 5. The molecule has 7 nitrogen and oxygen atoms in total. The Morgan fingerprint density at radius 2 is 2.04 bits per heavy atom. The van der Waals surface area contributed by atoms with Gasteiger partial charge in [0.1, 0.15) is 0 Å². The molecule has 0 aliphatic rings. The third-order valence-electron chi connectivity index (χ3n) is 3.84. The van der Waals surface area contributed by atoms with Gasteiger partial charge in [-0.3, -0.25) is 4.79 Å². The molecule has 140 valence electrons. The summed E-state index contributed by atoms with van der Waals surface area (Å²) >= 11 is 2.89. The number of carbonyl (C=O) groups is 1. The summed E-state index contributed by atoms with van der Waals surface area (Å²) in [6, 6.07) is 17.2. The van der Waals surface area contributed by atoms with Crippen LogP contribution in [0.1, 0.15) is 5.01 Å². The SMILES string of the molecule is Cc1nc(-c2cccc(NC(=O)CSc3nnnn3-c3ccccc3)c2)cs1. The van der Waals surface area contributed by atoms with Crippen LogP contribution in [0.15, 0.2) is 65.1 Å². The Bertz CT molecular complexity index is 1090. The summed E-state index contributed by atoms with van der Waals surface area (Å²) in [6.07, 6.45) is 0. The molecule has 0 spiro atoms. The number of anilines is 1. The molecule has 0 bridgehead atoms. The van der Waals surface area contributed by atoms with Crippen molar-refractivity contribution in [1.82, 2.24) is 25.2 Å². The van der Waals surface area contributed by atoms with Gasteiger partial charge >= 0.3 is 0 Å². The lowest BCUT2D eigenvalue weighted by atomic mass is 10.1. The highest BCUT2D eigenvalue weighted by Gasteiger charge is 2.12. The third kappa shape index (κ3) is 4.26. The first-order valence-electron chi connectivity index (χ1n) is 8.48. The number of aromatic nitrogens is 5. The zero-order valence-electron chi connectivity index (χ0n) is 14.9. The van der Waals surface area contributed by atoms with Crippen LogP contribution in [-0.4, -0.2) is 36.9 Å². The largest absolute Gasteiger partial charge is 0.325 e. The van der Waals surface area contributed by atoms with Crippen molar-refractivity contribution in [2.24, 2.45) is 0 Å². The van der Waals surface area contributed by atoms with Crippen LogP contribution in [0.2, 0.25) is 0 Å². The van der Waals surface area contributed by atoms with Crippen LogP contribution in [0.3, 0.4) is 0 Å². The molecule has 0 aliphatic carbocycles. The lowest BCUT2D eigenvalue weighted by Crippen LogP contribution is -2.14. The first kappa shape index (κ1) is 18.3. The number of hydrogen-bond donors (Lipinski definition) is 1. The highest BCUT2D eigenvalue weighted by atomic mass is 32.2. The third-order valence-corrected chi connectivity index (χ3v) is 5.53. The van der Waals surface area contributed by atoms with E-state index in [0.29, 0.717) is 5.16 Å². The Kier molecular flexibility index (Phi) is 5.45. The van der Waals surface area contributed by atoms with Crippen LogP contribution in [-0.2, 0) is 4.79 Å². The number of amides is 1. The van der Waals surface area contributed by atoms with Gasteiger partial charge in [-0.1, -0.05) is 42.1 Å². The molecule has 9 heteroatoms. The second-order valence-electron chi connectivity index (χ2n) is 5.88. The second kappa shape index (κ2) is 8.32. The zero-order valence-corrected chi connectivity index (χ0v) is 16.6. The monoisotopic (exact) mass is 408 g/mol. The Morgan fingerprint density at radius 3 is 2.82 bits per heavy atom. The summed E-state index contributed by atoms with van der Waals surface area (Å²) in [5, 5.41) is 18.2. The summed E-state index contributed by atoms with van der Waals surface area (Å²) in [6.45, 7) is 1.97. The van der Waals surface area contributed by atoms with Crippen LogP contribution < -0.4 is 5.32 Å². The number of aryl methyl sites for hydroxylation is 1. The molecule has 28 heavy (non-hydrogen) atoms. The Balaban J connectivity index is 1.40. The van der Waals surface area contributed by atoms with Gasteiger partial charge in [-0.25, -0.2) is 4.98 Å². The molecule has 4 rings (SSSR count). The number of carbonyl (C=O) groups excluding carboxylic acids is 1. The fourth-order valence-corrected chi connectivity index (χ4v) is 3.89. The maximum Gasteiger partial charge on any atom is 0.234 e. The highest BCUT2D eigenvalue weighted by molar-refractivity contribution is 7.99. The Morgan fingerprint density at radius 1 is 1.18 bits per heavy atom. The Labute approximate surface area is 169 Å². The molecule has 0 atom stereocenters. The van der Waals surface area contributed by atoms with Gasteiger partial charge in [-0.15, -0.1) is 16.4 Å². The molecule has 0 saturated carbocycles. The van der Waals surface area contributed by atoms with E-state index in [4.69, 9.17) is 0 Å². The molecule has 0 radical (unpaired) electrons. The fourth-order valence-electron chi connectivity index (χ4n) is 2.58. The van der Waals surface area contributed by atoms with E-state index < -0.39 is 0 Å². The van der Waals surface area contributed by atoms with E-state index in [2.05, 4.69) is 25.8 Å². The molecular formula is C19H16N6OS2. The number of rotatable bonds is 6. The minimum absolute atomic E-state index is 0.126. The summed E-state index contributed by atoms with van der Waals surface area (Å²) < 4.78 is 1.61. The first-order chi connectivity index (χ1) is 13.7. The standard InChI is InChI=1S/C19H16N6OS2/c1-13-20-17(11-27-13)14-6-5-7-15(10-14)21-18(26)12-28-19-22-23-24-25(19)16-8-3-2-4-9-16/h2-11H,12H2,1H3,(H,21,26). The quantitative estimate of drug-likeness (QED) is 0.488. The molecule has 2 aromatic heterocycles. The second-order valence-corrected chi connectivity index (χ2v) is 7.88. The maximum atomic E-state index is 12.4. The van der Waals surface area contributed by atoms with E-state index in [9.17, 15) is 4.79 Å². The smallest absolute Gasteiger partial charge is 0.234 e. The zero-order chi connectivity index (χ0) is 19.3. The van der Waals surface area contributed by atoms with Crippen molar-refractivity contribution < 1.29 is 4.79 Å². The van der Waals surface area contributed by atoms with Gasteiger partial charge in [0.15, 0.2) is 0 Å². The Hall–Kier alpha value is -3.04. The van der Waals surface area contributed by atoms with Gasteiger partial charge in [-0.05, 0) is 41.6 Å². The average Bonchev–Trinajstić information content (AvgIpc) is 3.36. The predicted octanol–water partition coefficient (Wildman–Crippen LogP) is 3.83. The van der Waals surface area contributed by atoms with Crippen LogP contribution >= 0.6 is 23.1 Å². The summed E-state index contributed by atoms with van der Waals surface area (Å²) in [5.74, 6) is 0.0759. The molecular weight excluding hydrogens is 392 g/mol. The van der Waals surface area contributed by atoms with Gasteiger partial charge in [0.25, 0.3) is 0 Å². The molecule has 0 unspecified atom stereocenters. The molecule has 0 saturated heterocycles. The number of benzene rings is 2. The summed E-state index contributed by atoms with van der Waals surface area (Å²) in [5.41, 5.74) is 3.47. The molecule has 2 heterocycles. The van der Waals surface area contributed by atoms with Crippen LogP contribution in [0.5, 0.6) is 0 Å². The van der Waals surface area contributed by atoms with Gasteiger partial charge in [-0.2, -0.15) is 4.68 Å². The molecule has 1 N–H and O–H groups in total. The van der Waals surface area contributed by atoms with E-state index in [0.717, 1.165) is 27.6 Å². The fraction of sp³-hybridized carbons (Fsp3) is 0.105. The predicted molar refractivity (Wildman–Crippen MR) is 111 cm³/mol. The maximum absolute atomic E-state index is 12.4. The van der Waals surface area contributed by atoms with Crippen molar-refractivity contribution in [2.45, 2.75) is 12.1 Å². The first-order valence-corrected chi connectivity index (χ1v) is 10.3. The lowest BCUT2D eigenvalue weighted by Gasteiger charge is -2.07. The minimum atomic E-state index is -0.126. The van der Waals surface area contributed by atoms with Crippen LogP contribution in [0.4, 0.5) is 5.69 Å². The molecule has 1 amide bonds.